The van der Waals surface area contributed by atoms with E-state index in [2.05, 4.69) is 0 Å². The van der Waals surface area contributed by atoms with E-state index < -0.39 is 5.92 Å². The molecule has 0 bridgehead atoms. The van der Waals surface area contributed by atoms with Crippen LogP contribution in [-0.4, -0.2) is 50.7 Å². The van der Waals surface area contributed by atoms with Crippen LogP contribution >= 0.6 is 0 Å². The molecule has 5 nitrogen and oxygen atoms in total. The average molecular weight is 272 g/mol. The molecule has 0 N–H and O–H groups in total. The van der Waals surface area contributed by atoms with E-state index in [1.807, 2.05) is 0 Å². The zero-order valence-electron chi connectivity index (χ0n) is 11.9. The summed E-state index contributed by atoms with van der Waals surface area (Å²) in [5.74, 6) is -0.694. The molecule has 5 heteroatoms. The van der Waals surface area contributed by atoms with Gasteiger partial charge in [-0.15, -0.1) is 0 Å². The van der Waals surface area contributed by atoms with E-state index in [0.717, 1.165) is 26.1 Å². The summed E-state index contributed by atoms with van der Waals surface area (Å²) in [6.07, 6.45) is 2.62. The van der Waals surface area contributed by atoms with Crippen molar-refractivity contribution in [3.8, 4) is 0 Å². The molecule has 0 aromatic rings. The Morgan fingerprint density at radius 2 is 1.74 bits per heavy atom. The number of carbonyl (C=O) groups excluding carboxylic acids is 2. The molecule has 0 spiro atoms. The highest BCUT2D eigenvalue weighted by molar-refractivity contribution is 6.00. The molecular formula is C14H24O5. The van der Waals surface area contributed by atoms with Crippen LogP contribution in [0.1, 0.15) is 33.1 Å². The first-order valence-corrected chi connectivity index (χ1v) is 6.89. The third-order valence-corrected chi connectivity index (χ3v) is 3.28. The lowest BCUT2D eigenvalue weighted by molar-refractivity contribution is -0.131. The predicted molar refractivity (Wildman–Crippen MR) is 70.1 cm³/mol. The van der Waals surface area contributed by atoms with Crippen molar-refractivity contribution in [1.29, 1.82) is 0 Å². The van der Waals surface area contributed by atoms with E-state index in [-0.39, 0.29) is 17.7 Å². The third-order valence-electron chi connectivity index (χ3n) is 3.28. The summed E-state index contributed by atoms with van der Waals surface area (Å²) in [7, 11) is 0. The smallest absolute Gasteiger partial charge is 0.140 e. The lowest BCUT2D eigenvalue weighted by atomic mass is 9.98. The normalized spacial score (nSPS) is 16.8. The van der Waals surface area contributed by atoms with E-state index in [1.165, 1.54) is 13.8 Å². The van der Waals surface area contributed by atoms with Gasteiger partial charge in [0.2, 0.25) is 0 Å². The summed E-state index contributed by atoms with van der Waals surface area (Å²) < 4.78 is 16.3. The summed E-state index contributed by atoms with van der Waals surface area (Å²) in [5, 5.41) is 0. The van der Waals surface area contributed by atoms with Crippen LogP contribution in [0, 0.1) is 5.92 Å². The number of rotatable bonds is 9. The Bertz CT molecular complexity index is 270. The van der Waals surface area contributed by atoms with E-state index in [0.29, 0.717) is 26.2 Å². The maximum Gasteiger partial charge on any atom is 0.140 e. The second kappa shape index (κ2) is 9.18. The van der Waals surface area contributed by atoms with Crippen molar-refractivity contribution < 1.29 is 23.8 Å². The molecule has 19 heavy (non-hydrogen) atoms. The van der Waals surface area contributed by atoms with Gasteiger partial charge in [0.1, 0.15) is 11.6 Å². The van der Waals surface area contributed by atoms with Crippen LogP contribution in [0.15, 0.2) is 0 Å². The zero-order valence-corrected chi connectivity index (χ0v) is 11.9. The summed E-state index contributed by atoms with van der Waals surface area (Å²) >= 11 is 0. The highest BCUT2D eigenvalue weighted by Gasteiger charge is 2.18. The number of ether oxygens (including phenoxy) is 3. The molecule has 0 saturated carbocycles. The molecule has 1 rings (SSSR count). The zero-order chi connectivity index (χ0) is 14.1. The van der Waals surface area contributed by atoms with Crippen LogP contribution in [0.3, 0.4) is 0 Å². The van der Waals surface area contributed by atoms with Gasteiger partial charge >= 0.3 is 0 Å². The van der Waals surface area contributed by atoms with Gasteiger partial charge in [-0.2, -0.15) is 0 Å². The number of carbonyl (C=O) groups is 2. The molecule has 0 amide bonds. The van der Waals surface area contributed by atoms with E-state index in [9.17, 15) is 9.59 Å². The fourth-order valence-corrected chi connectivity index (χ4v) is 2.11. The Balaban J connectivity index is 2.01. The van der Waals surface area contributed by atoms with Gasteiger partial charge < -0.3 is 14.2 Å². The molecule has 1 fully saturated rings. The van der Waals surface area contributed by atoms with Gasteiger partial charge in [0.25, 0.3) is 0 Å². The molecule has 1 aliphatic heterocycles. The molecule has 1 aliphatic rings. The molecule has 0 radical (unpaired) electrons. The lowest BCUT2D eigenvalue weighted by Crippen LogP contribution is -2.25. The van der Waals surface area contributed by atoms with Gasteiger partial charge in [-0.05, 0) is 33.1 Å². The molecule has 1 heterocycles. The number of hydrogen-bond donors (Lipinski definition) is 0. The fourth-order valence-electron chi connectivity index (χ4n) is 2.11. The Morgan fingerprint density at radius 3 is 2.32 bits per heavy atom. The standard InChI is InChI=1S/C14H24O5/c1-11(15)14(12(2)16)5-8-18-9-10-19-13-3-6-17-7-4-13/h13-14H,3-10H2,1-2H3. The Hall–Kier alpha value is -0.780. The topological polar surface area (TPSA) is 61.8 Å². The first kappa shape index (κ1) is 16.3. The highest BCUT2D eigenvalue weighted by atomic mass is 16.5. The van der Waals surface area contributed by atoms with Gasteiger partial charge in [-0.1, -0.05) is 0 Å². The van der Waals surface area contributed by atoms with Crippen molar-refractivity contribution in [3.63, 3.8) is 0 Å². The molecule has 0 atom stereocenters. The molecule has 0 aromatic heterocycles. The van der Waals surface area contributed by atoms with Crippen LogP contribution in [0.2, 0.25) is 0 Å². The second-order valence-corrected chi connectivity index (χ2v) is 4.86. The van der Waals surface area contributed by atoms with Gasteiger partial charge in [-0.3, -0.25) is 9.59 Å². The second-order valence-electron chi connectivity index (χ2n) is 4.86. The minimum absolute atomic E-state index is 0.0884. The van der Waals surface area contributed by atoms with Crippen molar-refractivity contribution in [1.82, 2.24) is 0 Å². The Kier molecular flexibility index (Phi) is 7.86. The molecule has 0 aliphatic carbocycles. The third kappa shape index (κ3) is 6.80. The van der Waals surface area contributed by atoms with Gasteiger partial charge in [-0.25, -0.2) is 0 Å². The predicted octanol–water partition coefficient (Wildman–Crippen LogP) is 1.38. The fraction of sp³-hybridized carbons (Fsp3) is 0.857. The number of ketones is 2. The van der Waals surface area contributed by atoms with Gasteiger partial charge in [0.15, 0.2) is 0 Å². The van der Waals surface area contributed by atoms with Crippen LogP contribution in [0.5, 0.6) is 0 Å². The molecule has 110 valence electrons. The van der Waals surface area contributed by atoms with Crippen LogP contribution in [-0.2, 0) is 23.8 Å². The minimum Gasteiger partial charge on any atom is -0.381 e. The lowest BCUT2D eigenvalue weighted by Gasteiger charge is -2.22. The largest absolute Gasteiger partial charge is 0.381 e. The molecule has 0 aromatic carbocycles. The minimum atomic E-state index is -0.517. The van der Waals surface area contributed by atoms with Crippen molar-refractivity contribution in [2.45, 2.75) is 39.2 Å². The van der Waals surface area contributed by atoms with Crippen molar-refractivity contribution in [3.05, 3.63) is 0 Å². The van der Waals surface area contributed by atoms with Crippen LogP contribution < -0.4 is 0 Å². The molecule has 0 unspecified atom stereocenters. The summed E-state index contributed by atoms with van der Waals surface area (Å²) in [4.78, 5) is 22.4. The summed E-state index contributed by atoms with van der Waals surface area (Å²) in [5.41, 5.74) is 0. The van der Waals surface area contributed by atoms with Crippen molar-refractivity contribution in [2.24, 2.45) is 5.92 Å². The SMILES string of the molecule is CC(=O)C(CCOCCOC1CCOCC1)C(C)=O. The average Bonchev–Trinajstić information content (AvgIpc) is 2.38. The highest BCUT2D eigenvalue weighted by Crippen LogP contribution is 2.10. The van der Waals surface area contributed by atoms with E-state index in [1.54, 1.807) is 0 Å². The van der Waals surface area contributed by atoms with Crippen molar-refractivity contribution in [2.75, 3.05) is 33.0 Å². The van der Waals surface area contributed by atoms with Crippen LogP contribution in [0.25, 0.3) is 0 Å². The summed E-state index contributed by atoms with van der Waals surface area (Å²) in [6.45, 7) is 5.89. The first-order valence-electron chi connectivity index (χ1n) is 6.89. The number of hydrogen-bond acceptors (Lipinski definition) is 5. The Morgan fingerprint density at radius 1 is 1.11 bits per heavy atom. The van der Waals surface area contributed by atoms with Crippen LogP contribution in [0.4, 0.5) is 0 Å². The summed E-state index contributed by atoms with van der Waals surface area (Å²) in [6, 6.07) is 0. The monoisotopic (exact) mass is 272 g/mol. The molecule has 1 saturated heterocycles. The number of Topliss-reactive ketones (excluding diaryl/α,β-unsaturated/α-hetero) is 2. The first-order chi connectivity index (χ1) is 9.11. The maximum absolute atomic E-state index is 11.2. The Labute approximate surface area is 114 Å². The molecular weight excluding hydrogens is 248 g/mol. The van der Waals surface area contributed by atoms with E-state index >= 15 is 0 Å². The van der Waals surface area contributed by atoms with Gasteiger partial charge in [0, 0.05) is 19.8 Å². The quantitative estimate of drug-likeness (QED) is 0.469. The van der Waals surface area contributed by atoms with Crippen molar-refractivity contribution >= 4 is 11.6 Å². The van der Waals surface area contributed by atoms with E-state index in [4.69, 9.17) is 14.2 Å². The van der Waals surface area contributed by atoms with Gasteiger partial charge in [0.05, 0.1) is 25.2 Å². The maximum atomic E-state index is 11.2.